The van der Waals surface area contributed by atoms with Gasteiger partial charge in [-0.05, 0) is 26.8 Å². The quantitative estimate of drug-likeness (QED) is 0.485. The van der Waals surface area contributed by atoms with E-state index in [2.05, 4.69) is 5.32 Å². The van der Waals surface area contributed by atoms with Crippen LogP contribution >= 0.6 is 0 Å². The molecule has 0 spiro atoms. The maximum absolute atomic E-state index is 12.6. The first-order chi connectivity index (χ1) is 12.1. The smallest absolute Gasteiger partial charge is 0.340 e. The number of carbonyl (C=O) groups excluding carboxylic acids is 2. The number of nitrogens with zero attached hydrogens (tertiary/aromatic N) is 2. The van der Waals surface area contributed by atoms with Crippen LogP contribution in [0.5, 0.6) is 0 Å². The van der Waals surface area contributed by atoms with Gasteiger partial charge < -0.3 is 19.7 Å². The van der Waals surface area contributed by atoms with Crippen molar-refractivity contribution in [3.63, 3.8) is 0 Å². The fourth-order valence-electron chi connectivity index (χ4n) is 2.73. The third-order valence-corrected chi connectivity index (χ3v) is 3.83. The molecule has 1 aromatic rings. The van der Waals surface area contributed by atoms with Crippen LogP contribution in [-0.4, -0.2) is 55.2 Å². The number of esters is 2. The zero-order chi connectivity index (χ0) is 19.5. The monoisotopic (exact) mass is 365 g/mol. The van der Waals surface area contributed by atoms with Crippen molar-refractivity contribution in [2.75, 3.05) is 31.6 Å². The summed E-state index contributed by atoms with van der Waals surface area (Å²) in [5.41, 5.74) is -0.434. The first kappa shape index (κ1) is 19.6. The number of nitro groups is 1. The molecule has 9 heteroatoms. The number of methoxy groups -OCH3 is 1. The van der Waals surface area contributed by atoms with Gasteiger partial charge in [0.2, 0.25) is 0 Å². The van der Waals surface area contributed by atoms with Gasteiger partial charge in [0.25, 0.3) is 5.69 Å². The average molecular weight is 365 g/mol. The maximum Gasteiger partial charge on any atom is 0.340 e. The van der Waals surface area contributed by atoms with E-state index in [0.717, 1.165) is 6.07 Å². The van der Waals surface area contributed by atoms with E-state index in [-0.39, 0.29) is 11.3 Å². The molecule has 0 bridgehead atoms. The third-order valence-electron chi connectivity index (χ3n) is 3.83. The molecule has 1 saturated heterocycles. The number of benzene rings is 1. The minimum atomic E-state index is -0.704. The summed E-state index contributed by atoms with van der Waals surface area (Å²) >= 11 is 0. The Labute approximate surface area is 151 Å². The second-order valence-electron chi connectivity index (χ2n) is 6.90. The summed E-state index contributed by atoms with van der Waals surface area (Å²) in [5, 5.41) is 14.2. The number of rotatable bonds is 4. The van der Waals surface area contributed by atoms with E-state index in [4.69, 9.17) is 9.47 Å². The molecule has 1 aromatic carbocycles. The van der Waals surface area contributed by atoms with Crippen molar-refractivity contribution >= 4 is 23.3 Å². The average Bonchev–Trinajstić information content (AvgIpc) is 2.59. The highest BCUT2D eigenvalue weighted by atomic mass is 16.6. The zero-order valence-corrected chi connectivity index (χ0v) is 15.3. The van der Waals surface area contributed by atoms with Crippen molar-refractivity contribution in [3.8, 4) is 0 Å². The van der Waals surface area contributed by atoms with Gasteiger partial charge in [-0.2, -0.15) is 0 Å². The predicted molar refractivity (Wildman–Crippen MR) is 94.3 cm³/mol. The summed E-state index contributed by atoms with van der Waals surface area (Å²) in [6.45, 7) is 6.70. The topological polar surface area (TPSA) is 111 Å². The van der Waals surface area contributed by atoms with Gasteiger partial charge in [0.05, 0.1) is 23.3 Å². The number of piperazine rings is 1. The number of ether oxygens (including phenoxy) is 2. The largest absolute Gasteiger partial charge is 0.465 e. The van der Waals surface area contributed by atoms with Gasteiger partial charge in [0.15, 0.2) is 0 Å². The van der Waals surface area contributed by atoms with Crippen molar-refractivity contribution in [1.29, 1.82) is 0 Å². The van der Waals surface area contributed by atoms with E-state index in [0.29, 0.717) is 25.3 Å². The highest BCUT2D eigenvalue weighted by Gasteiger charge is 2.35. The Kier molecular flexibility index (Phi) is 5.81. The summed E-state index contributed by atoms with van der Waals surface area (Å²) in [7, 11) is 1.20. The van der Waals surface area contributed by atoms with Crippen LogP contribution in [0.15, 0.2) is 18.2 Å². The van der Waals surface area contributed by atoms with Crippen LogP contribution in [0.1, 0.15) is 31.1 Å². The van der Waals surface area contributed by atoms with Gasteiger partial charge in [-0.25, -0.2) is 9.59 Å². The molecule has 9 nitrogen and oxygen atoms in total. The van der Waals surface area contributed by atoms with Crippen LogP contribution < -0.4 is 10.2 Å². The molecule has 26 heavy (non-hydrogen) atoms. The molecular formula is C17H23N3O6. The van der Waals surface area contributed by atoms with Crippen LogP contribution in [0.2, 0.25) is 0 Å². The lowest BCUT2D eigenvalue weighted by atomic mass is 10.1. The number of nitro benzene ring substituents is 1. The maximum atomic E-state index is 12.6. The molecule has 2 rings (SSSR count). The molecule has 0 aliphatic carbocycles. The number of hydrogen-bond donors (Lipinski definition) is 1. The van der Waals surface area contributed by atoms with Crippen molar-refractivity contribution < 1.29 is 24.0 Å². The van der Waals surface area contributed by atoms with Crippen molar-refractivity contribution in [2.24, 2.45) is 0 Å². The molecule has 0 aromatic heterocycles. The minimum Gasteiger partial charge on any atom is -0.465 e. The van der Waals surface area contributed by atoms with Gasteiger partial charge in [0.1, 0.15) is 11.6 Å². The number of non-ortho nitro benzene ring substituents is 1. The third kappa shape index (κ3) is 4.48. The van der Waals surface area contributed by atoms with Crippen LogP contribution in [0.25, 0.3) is 0 Å². The standard InChI is InChI=1S/C17H23N3O6/c1-17(2,3)26-16(22)14-10-18-7-8-19(14)13-6-5-11(20(23)24)9-12(13)15(21)25-4/h5-6,9,14,18H,7-8,10H2,1-4H3/t14-/m1/s1. The lowest BCUT2D eigenvalue weighted by Crippen LogP contribution is -2.56. The molecule has 0 radical (unpaired) electrons. The number of nitrogens with one attached hydrogen (secondary N) is 1. The highest BCUT2D eigenvalue weighted by Crippen LogP contribution is 2.29. The Morgan fingerprint density at radius 3 is 2.62 bits per heavy atom. The second kappa shape index (κ2) is 7.69. The lowest BCUT2D eigenvalue weighted by Gasteiger charge is -2.38. The van der Waals surface area contributed by atoms with E-state index in [9.17, 15) is 19.7 Å². The SMILES string of the molecule is COC(=O)c1cc([N+](=O)[O-])ccc1N1CCNC[C@@H]1C(=O)OC(C)(C)C. The van der Waals surface area contributed by atoms with E-state index in [1.165, 1.54) is 19.2 Å². The lowest BCUT2D eigenvalue weighted by molar-refractivity contribution is -0.384. The van der Waals surface area contributed by atoms with Crippen LogP contribution in [0.4, 0.5) is 11.4 Å². The van der Waals surface area contributed by atoms with E-state index >= 15 is 0 Å². The Balaban J connectivity index is 2.44. The fourth-order valence-corrected chi connectivity index (χ4v) is 2.73. The molecule has 1 aliphatic rings. The second-order valence-corrected chi connectivity index (χ2v) is 6.90. The fraction of sp³-hybridized carbons (Fsp3) is 0.529. The number of hydrogen-bond acceptors (Lipinski definition) is 8. The first-order valence-electron chi connectivity index (χ1n) is 8.21. The first-order valence-corrected chi connectivity index (χ1v) is 8.21. The normalized spacial score (nSPS) is 17.5. The molecule has 0 saturated carbocycles. The molecule has 142 valence electrons. The minimum absolute atomic E-state index is 0.0390. The van der Waals surface area contributed by atoms with E-state index < -0.39 is 28.5 Å². The molecule has 1 N–H and O–H groups in total. The van der Waals surface area contributed by atoms with Gasteiger partial charge in [-0.15, -0.1) is 0 Å². The molecule has 1 heterocycles. The number of carbonyl (C=O) groups is 2. The predicted octanol–water partition coefficient (Wildman–Crippen LogP) is 1.50. The molecular weight excluding hydrogens is 342 g/mol. The molecule has 1 fully saturated rings. The molecule has 0 amide bonds. The van der Waals surface area contributed by atoms with Crippen molar-refractivity contribution in [1.82, 2.24) is 5.32 Å². The zero-order valence-electron chi connectivity index (χ0n) is 15.3. The summed E-state index contributed by atoms with van der Waals surface area (Å²) in [5.74, 6) is -1.14. The van der Waals surface area contributed by atoms with Crippen LogP contribution in [0, 0.1) is 10.1 Å². The van der Waals surface area contributed by atoms with Crippen LogP contribution in [0.3, 0.4) is 0 Å². The highest BCUT2D eigenvalue weighted by molar-refractivity contribution is 5.97. The summed E-state index contributed by atoms with van der Waals surface area (Å²) in [6.07, 6.45) is 0. The number of anilines is 1. The molecule has 0 unspecified atom stereocenters. The summed E-state index contributed by atoms with van der Waals surface area (Å²) in [6, 6.07) is 3.27. The summed E-state index contributed by atoms with van der Waals surface area (Å²) in [4.78, 5) is 36.9. The summed E-state index contributed by atoms with van der Waals surface area (Å²) < 4.78 is 10.2. The Morgan fingerprint density at radius 1 is 1.35 bits per heavy atom. The Hall–Kier alpha value is -2.68. The van der Waals surface area contributed by atoms with Crippen LogP contribution in [-0.2, 0) is 14.3 Å². The van der Waals surface area contributed by atoms with E-state index in [1.807, 2.05) is 0 Å². The van der Waals surface area contributed by atoms with Gasteiger partial charge >= 0.3 is 11.9 Å². The van der Waals surface area contributed by atoms with E-state index in [1.54, 1.807) is 25.7 Å². The van der Waals surface area contributed by atoms with Crippen molar-refractivity contribution in [3.05, 3.63) is 33.9 Å². The molecule has 1 aliphatic heterocycles. The van der Waals surface area contributed by atoms with Gasteiger partial charge in [-0.1, -0.05) is 0 Å². The van der Waals surface area contributed by atoms with Gasteiger partial charge in [0, 0.05) is 31.8 Å². The van der Waals surface area contributed by atoms with Gasteiger partial charge in [-0.3, -0.25) is 10.1 Å². The molecule has 1 atom stereocenters. The Bertz CT molecular complexity index is 713. The Morgan fingerprint density at radius 2 is 2.04 bits per heavy atom. The van der Waals surface area contributed by atoms with Crippen molar-refractivity contribution in [2.45, 2.75) is 32.4 Å².